The van der Waals surface area contributed by atoms with E-state index in [1.165, 1.54) is 19.3 Å². The highest BCUT2D eigenvalue weighted by atomic mass is 35.5. The van der Waals surface area contributed by atoms with Crippen molar-refractivity contribution in [1.29, 1.82) is 0 Å². The molecule has 2 atom stereocenters. The van der Waals surface area contributed by atoms with E-state index in [1.807, 2.05) is 6.07 Å². The van der Waals surface area contributed by atoms with Gasteiger partial charge in [0.25, 0.3) is 0 Å². The van der Waals surface area contributed by atoms with Crippen LogP contribution in [0.5, 0.6) is 0 Å². The van der Waals surface area contributed by atoms with E-state index < -0.39 is 0 Å². The Morgan fingerprint density at radius 1 is 1.53 bits per heavy atom. The molecule has 104 valence electrons. The van der Waals surface area contributed by atoms with Crippen LogP contribution in [-0.2, 0) is 4.74 Å². The summed E-state index contributed by atoms with van der Waals surface area (Å²) in [5.41, 5.74) is 2.51. The number of hydrogen-bond donors (Lipinski definition) is 1. The van der Waals surface area contributed by atoms with E-state index in [2.05, 4.69) is 24.1 Å². The van der Waals surface area contributed by atoms with Crippen LogP contribution in [0.1, 0.15) is 38.2 Å². The van der Waals surface area contributed by atoms with E-state index in [1.54, 1.807) is 6.20 Å². The maximum atomic E-state index is 6.20. The van der Waals surface area contributed by atoms with Gasteiger partial charge in [-0.3, -0.25) is 0 Å². The molecule has 3 rings (SSSR count). The highest BCUT2D eigenvalue weighted by molar-refractivity contribution is 6.32. The lowest BCUT2D eigenvalue weighted by Crippen LogP contribution is -2.64. The molecule has 1 N–H and O–H groups in total. The molecule has 2 aliphatic carbocycles. The first kappa shape index (κ1) is 13.2. The summed E-state index contributed by atoms with van der Waals surface area (Å²) in [5, 5.41) is 4.20. The molecule has 1 aromatic rings. The number of anilines is 1. The van der Waals surface area contributed by atoms with Gasteiger partial charge in [0.2, 0.25) is 0 Å². The lowest BCUT2D eigenvalue weighted by molar-refractivity contribution is -0.157. The molecule has 2 fully saturated rings. The molecule has 0 saturated heterocycles. The minimum atomic E-state index is 0.349. The highest BCUT2D eigenvalue weighted by Crippen LogP contribution is 2.58. The van der Waals surface area contributed by atoms with E-state index in [-0.39, 0.29) is 0 Å². The second-order valence-corrected chi connectivity index (χ2v) is 6.11. The lowest BCUT2D eigenvalue weighted by Gasteiger charge is -2.61. The molecule has 0 aliphatic heterocycles. The van der Waals surface area contributed by atoms with Crippen molar-refractivity contribution in [2.75, 3.05) is 11.9 Å². The van der Waals surface area contributed by atoms with Crippen LogP contribution in [0.2, 0.25) is 5.15 Å². The van der Waals surface area contributed by atoms with E-state index in [0.29, 0.717) is 22.7 Å². The third-order valence-corrected chi connectivity index (χ3v) is 5.16. The summed E-state index contributed by atoms with van der Waals surface area (Å²) in [4.78, 5) is 4.17. The summed E-state index contributed by atoms with van der Waals surface area (Å²) < 4.78 is 5.88. The Kier molecular flexibility index (Phi) is 3.44. The second kappa shape index (κ2) is 4.95. The SMILES string of the molecule is CCOC1CC(Nc2c(C)ccnc2Cl)C12CCC2. The van der Waals surface area contributed by atoms with Crippen molar-refractivity contribution >= 4 is 17.3 Å². The Bertz CT molecular complexity index is 453. The van der Waals surface area contributed by atoms with Crippen LogP contribution in [0.4, 0.5) is 5.69 Å². The Labute approximate surface area is 119 Å². The summed E-state index contributed by atoms with van der Waals surface area (Å²) in [5.74, 6) is 0. The quantitative estimate of drug-likeness (QED) is 0.852. The monoisotopic (exact) mass is 280 g/mol. The van der Waals surface area contributed by atoms with E-state index in [4.69, 9.17) is 16.3 Å². The molecule has 2 aliphatic rings. The van der Waals surface area contributed by atoms with Crippen LogP contribution in [0, 0.1) is 12.3 Å². The fourth-order valence-corrected chi connectivity index (χ4v) is 3.77. The summed E-state index contributed by atoms with van der Waals surface area (Å²) in [6, 6.07) is 2.48. The summed E-state index contributed by atoms with van der Waals surface area (Å²) in [7, 11) is 0. The number of hydrogen-bond acceptors (Lipinski definition) is 3. The van der Waals surface area contributed by atoms with E-state index >= 15 is 0 Å². The van der Waals surface area contributed by atoms with Crippen LogP contribution >= 0.6 is 11.6 Å². The average Bonchev–Trinajstić information content (AvgIpc) is 2.29. The molecule has 4 heteroatoms. The van der Waals surface area contributed by atoms with Crippen LogP contribution in [0.15, 0.2) is 12.3 Å². The smallest absolute Gasteiger partial charge is 0.152 e. The van der Waals surface area contributed by atoms with Gasteiger partial charge in [-0.25, -0.2) is 4.98 Å². The van der Waals surface area contributed by atoms with Crippen LogP contribution < -0.4 is 5.32 Å². The maximum Gasteiger partial charge on any atom is 0.152 e. The normalized spacial score (nSPS) is 27.7. The number of nitrogens with zero attached hydrogens (tertiary/aromatic N) is 1. The average molecular weight is 281 g/mol. The maximum absolute atomic E-state index is 6.20. The van der Waals surface area contributed by atoms with E-state index in [0.717, 1.165) is 24.3 Å². The predicted octanol–water partition coefficient (Wildman–Crippen LogP) is 3.80. The molecular weight excluding hydrogens is 260 g/mol. The van der Waals surface area contributed by atoms with Gasteiger partial charge in [0.05, 0.1) is 11.8 Å². The molecule has 0 amide bonds. The molecule has 2 unspecified atom stereocenters. The van der Waals surface area contributed by atoms with Gasteiger partial charge < -0.3 is 10.1 Å². The first-order valence-corrected chi connectivity index (χ1v) is 7.54. The number of halogens is 1. The summed E-state index contributed by atoms with van der Waals surface area (Å²) in [6.07, 6.45) is 7.13. The molecule has 0 radical (unpaired) electrons. The molecule has 0 aromatic carbocycles. The zero-order valence-electron chi connectivity index (χ0n) is 11.6. The van der Waals surface area contributed by atoms with Gasteiger partial charge in [-0.1, -0.05) is 18.0 Å². The minimum Gasteiger partial charge on any atom is -0.379 e. The zero-order valence-corrected chi connectivity index (χ0v) is 12.3. The lowest BCUT2D eigenvalue weighted by atomic mass is 9.51. The molecule has 19 heavy (non-hydrogen) atoms. The Morgan fingerprint density at radius 3 is 2.89 bits per heavy atom. The van der Waals surface area contributed by atoms with Crippen molar-refractivity contribution in [2.24, 2.45) is 5.41 Å². The van der Waals surface area contributed by atoms with Crippen LogP contribution in [-0.4, -0.2) is 23.7 Å². The van der Waals surface area contributed by atoms with Crippen molar-refractivity contribution in [1.82, 2.24) is 4.98 Å². The third-order valence-electron chi connectivity index (χ3n) is 4.87. The number of aromatic nitrogens is 1. The number of ether oxygens (including phenoxy) is 1. The van der Waals surface area contributed by atoms with Gasteiger partial charge in [-0.15, -0.1) is 0 Å². The molecular formula is C15H21ClN2O. The van der Waals surface area contributed by atoms with Crippen LogP contribution in [0.3, 0.4) is 0 Å². The predicted molar refractivity (Wildman–Crippen MR) is 77.7 cm³/mol. The zero-order chi connectivity index (χ0) is 13.5. The second-order valence-electron chi connectivity index (χ2n) is 5.76. The minimum absolute atomic E-state index is 0.349. The van der Waals surface area contributed by atoms with Crippen LogP contribution in [0.25, 0.3) is 0 Å². The van der Waals surface area contributed by atoms with Gasteiger partial charge in [-0.05, 0) is 44.7 Å². The molecule has 2 saturated carbocycles. The molecule has 1 heterocycles. The van der Waals surface area contributed by atoms with Crippen molar-refractivity contribution in [3.05, 3.63) is 23.0 Å². The summed E-state index contributed by atoms with van der Waals surface area (Å²) >= 11 is 6.20. The number of aryl methyl sites for hydroxylation is 1. The molecule has 1 spiro atoms. The van der Waals surface area contributed by atoms with Crippen molar-refractivity contribution in [3.63, 3.8) is 0 Å². The highest BCUT2D eigenvalue weighted by Gasteiger charge is 2.59. The standard InChI is InChI=1S/C15H21ClN2O/c1-3-19-12-9-11(15(12)6-4-7-15)18-13-10(2)5-8-17-14(13)16/h5,8,11-12,18H,3-4,6-7,9H2,1-2H3. The van der Waals surface area contributed by atoms with Gasteiger partial charge in [0.1, 0.15) is 0 Å². The Morgan fingerprint density at radius 2 is 2.32 bits per heavy atom. The Balaban J connectivity index is 1.75. The van der Waals surface area contributed by atoms with Crippen molar-refractivity contribution in [2.45, 2.75) is 51.7 Å². The van der Waals surface area contributed by atoms with Gasteiger partial charge in [-0.2, -0.15) is 0 Å². The van der Waals surface area contributed by atoms with Crippen molar-refractivity contribution < 1.29 is 4.74 Å². The van der Waals surface area contributed by atoms with Gasteiger partial charge >= 0.3 is 0 Å². The topological polar surface area (TPSA) is 34.1 Å². The first-order chi connectivity index (χ1) is 9.17. The Hall–Kier alpha value is -0.800. The fourth-order valence-electron chi connectivity index (χ4n) is 3.51. The van der Waals surface area contributed by atoms with Gasteiger partial charge in [0.15, 0.2) is 5.15 Å². The molecule has 0 bridgehead atoms. The largest absolute Gasteiger partial charge is 0.379 e. The van der Waals surface area contributed by atoms with Gasteiger partial charge in [0, 0.05) is 24.3 Å². The molecule has 3 nitrogen and oxygen atoms in total. The first-order valence-electron chi connectivity index (χ1n) is 7.16. The number of pyridine rings is 1. The summed E-state index contributed by atoms with van der Waals surface area (Å²) in [6.45, 7) is 4.96. The molecule has 1 aromatic heterocycles. The van der Waals surface area contributed by atoms with E-state index in [9.17, 15) is 0 Å². The van der Waals surface area contributed by atoms with Crippen molar-refractivity contribution in [3.8, 4) is 0 Å². The fraction of sp³-hybridized carbons (Fsp3) is 0.667. The number of rotatable bonds is 4. The number of nitrogens with one attached hydrogen (secondary N) is 1. The third kappa shape index (κ3) is 2.03.